The minimum atomic E-state index is -4.81. The maximum atomic E-state index is 13.9. The van der Waals surface area contributed by atoms with Crippen LogP contribution in [0, 0.1) is 22.7 Å². The molecular formula is C49H55F4N7O9S. The van der Waals surface area contributed by atoms with E-state index in [2.05, 4.69) is 15.6 Å². The van der Waals surface area contributed by atoms with Crippen LogP contribution in [-0.2, 0) is 41.4 Å². The van der Waals surface area contributed by atoms with Gasteiger partial charge in [0.05, 0.1) is 35.6 Å². The number of oxazole rings is 1. The lowest BCUT2D eigenvalue weighted by atomic mass is 9.85. The highest BCUT2D eigenvalue weighted by atomic mass is 32.1. The quantitative estimate of drug-likeness (QED) is 0.0482. The molecule has 16 nitrogen and oxygen atoms in total. The number of likely N-dealkylation sites (tertiary alicyclic amines) is 1. The second kappa shape index (κ2) is 22.5. The molecule has 374 valence electrons. The van der Waals surface area contributed by atoms with Crippen molar-refractivity contribution in [3.05, 3.63) is 95.8 Å². The molecule has 3 aromatic carbocycles. The fourth-order valence-corrected chi connectivity index (χ4v) is 8.52. The number of alkyl halides is 3. The van der Waals surface area contributed by atoms with Crippen molar-refractivity contribution in [1.82, 2.24) is 20.5 Å². The van der Waals surface area contributed by atoms with Crippen LogP contribution in [-0.4, -0.2) is 107 Å². The Morgan fingerprint density at radius 1 is 0.971 bits per heavy atom. The third-order valence-electron chi connectivity index (χ3n) is 11.7. The molecule has 3 atom stereocenters. The number of aromatic nitrogens is 1. The fraction of sp³-hybridized carbons (Fsp3) is 0.449. The van der Waals surface area contributed by atoms with Crippen molar-refractivity contribution in [1.29, 1.82) is 5.26 Å². The van der Waals surface area contributed by atoms with Crippen LogP contribution in [0.25, 0.3) is 11.3 Å². The van der Waals surface area contributed by atoms with Gasteiger partial charge in [-0.25, -0.2) is 0 Å². The summed E-state index contributed by atoms with van der Waals surface area (Å²) in [5.74, 6) is -2.21. The van der Waals surface area contributed by atoms with Gasteiger partial charge in [-0.05, 0) is 98.8 Å². The second-order valence-electron chi connectivity index (χ2n) is 18.4. The van der Waals surface area contributed by atoms with Crippen molar-refractivity contribution in [3.8, 4) is 23.1 Å². The molecule has 2 aliphatic heterocycles. The first-order valence-corrected chi connectivity index (χ1v) is 22.9. The monoisotopic (exact) mass is 993 g/mol. The van der Waals surface area contributed by atoms with E-state index in [-0.39, 0.29) is 49.3 Å². The number of carbonyl (C=O) groups is 4. The highest BCUT2D eigenvalue weighted by Crippen LogP contribution is 2.40. The Morgan fingerprint density at radius 2 is 1.63 bits per heavy atom. The summed E-state index contributed by atoms with van der Waals surface area (Å²) in [4.78, 5) is 61.1. The molecule has 0 radical (unpaired) electrons. The molecule has 2 aliphatic rings. The van der Waals surface area contributed by atoms with Gasteiger partial charge in [0.2, 0.25) is 17.7 Å². The highest BCUT2D eigenvalue weighted by Gasteiger charge is 2.51. The number of nitriles is 1. The number of rotatable bonds is 20. The second-order valence-corrected chi connectivity index (χ2v) is 18.7. The molecular weight excluding hydrogens is 939 g/mol. The number of ether oxygens (including phenoxy) is 3. The minimum absolute atomic E-state index is 0.00262. The molecule has 1 aromatic heterocycles. The zero-order valence-electron chi connectivity index (χ0n) is 39.3. The van der Waals surface area contributed by atoms with Crippen molar-refractivity contribution in [2.24, 2.45) is 5.41 Å². The van der Waals surface area contributed by atoms with Crippen LogP contribution in [0.15, 0.2) is 77.5 Å². The zero-order valence-corrected chi connectivity index (χ0v) is 40.1. The van der Waals surface area contributed by atoms with E-state index in [0.29, 0.717) is 61.6 Å². The maximum Gasteiger partial charge on any atom is 0.417 e. The van der Waals surface area contributed by atoms with Crippen molar-refractivity contribution in [2.75, 3.05) is 49.4 Å². The smallest absolute Gasteiger partial charge is 0.417 e. The molecule has 3 heterocycles. The zero-order chi connectivity index (χ0) is 51.0. The molecule has 21 heteroatoms. The SMILES string of the molecule is CC(C)(C)C(NC(=O)COCCCOCCCCOc1ccc(N2C(=S)N(c3ccc(C#N)c(C(F)(F)F)c3)C(=O)C2(C)C)cc1)C(=O)N1C[C@H](O)C[C@H]1C(=O)NCc1ccc(-c2ocnc2F)cc1. The van der Waals surface area contributed by atoms with Crippen LogP contribution in [0.3, 0.4) is 0 Å². The minimum Gasteiger partial charge on any atom is -0.494 e. The first kappa shape index (κ1) is 52.9. The predicted octanol–water partition coefficient (Wildman–Crippen LogP) is 6.68. The number of benzene rings is 3. The van der Waals surface area contributed by atoms with E-state index in [9.17, 15) is 47.1 Å². The lowest BCUT2D eigenvalue weighted by molar-refractivity contribution is -0.144. The van der Waals surface area contributed by atoms with Crippen molar-refractivity contribution in [3.63, 3.8) is 0 Å². The number of unbranched alkanes of at least 4 members (excludes halogenated alkanes) is 1. The van der Waals surface area contributed by atoms with E-state index >= 15 is 0 Å². The number of anilines is 2. The number of carbonyl (C=O) groups excluding carboxylic acids is 4. The average Bonchev–Trinajstić information content (AvgIpc) is 3.98. The summed E-state index contributed by atoms with van der Waals surface area (Å²) < 4.78 is 77.1. The Labute approximate surface area is 407 Å². The summed E-state index contributed by atoms with van der Waals surface area (Å²) in [6, 6.07) is 16.1. The van der Waals surface area contributed by atoms with E-state index in [1.54, 1.807) is 88.0 Å². The standard InChI is InChI=1S/C49H55F4N7O9S/c1-47(2,3)41(44(64)58-27-35(61)24-38(58)43(63)55-26-30-9-11-31(12-10-30)40-42(50)56-29-69-40)57-39(62)28-67-21-8-20-66-19-6-7-22-68-36-17-15-33(16-18-36)60-46(70)59(45(65)48(60,4)5)34-14-13-32(25-54)37(23-34)49(51,52)53/h9-18,23,29,35,38,41,61H,6-8,19-22,24,26-28H2,1-5H3,(H,55,63)(H,57,62)/t35-,38+,41?/m1/s1. The van der Waals surface area contributed by atoms with Crippen molar-refractivity contribution < 1.29 is 60.5 Å². The molecule has 0 bridgehead atoms. The summed E-state index contributed by atoms with van der Waals surface area (Å²) in [5.41, 5.74) is -2.09. The number of amides is 4. The van der Waals surface area contributed by atoms with E-state index in [1.165, 1.54) is 17.0 Å². The Balaban J connectivity index is 0.867. The summed E-state index contributed by atoms with van der Waals surface area (Å²) in [5, 5.41) is 25.2. The fourth-order valence-electron chi connectivity index (χ4n) is 8.00. The van der Waals surface area contributed by atoms with Crippen LogP contribution in [0.1, 0.15) is 77.0 Å². The van der Waals surface area contributed by atoms with Gasteiger partial charge in [-0.2, -0.15) is 27.8 Å². The first-order chi connectivity index (χ1) is 33.1. The van der Waals surface area contributed by atoms with Gasteiger partial charge in [0, 0.05) is 50.6 Å². The molecule has 3 N–H and O–H groups in total. The Kier molecular flexibility index (Phi) is 17.0. The van der Waals surface area contributed by atoms with Gasteiger partial charge in [-0.1, -0.05) is 45.0 Å². The van der Waals surface area contributed by atoms with Gasteiger partial charge < -0.3 is 44.2 Å². The van der Waals surface area contributed by atoms with Crippen LogP contribution >= 0.6 is 12.2 Å². The topological polar surface area (TPSA) is 200 Å². The summed E-state index contributed by atoms with van der Waals surface area (Å²) in [7, 11) is 0. The third kappa shape index (κ3) is 12.6. The van der Waals surface area contributed by atoms with Crippen LogP contribution in [0.4, 0.5) is 28.9 Å². The molecule has 4 amide bonds. The molecule has 2 fully saturated rings. The number of hydrogen-bond acceptors (Lipinski definition) is 12. The Bertz CT molecular complexity index is 2560. The maximum absolute atomic E-state index is 13.9. The van der Waals surface area contributed by atoms with Crippen LogP contribution in [0.2, 0.25) is 0 Å². The van der Waals surface area contributed by atoms with E-state index in [1.807, 2.05) is 0 Å². The lowest BCUT2D eigenvalue weighted by Crippen LogP contribution is -2.58. The number of aliphatic hydroxyl groups excluding tert-OH is 1. The molecule has 4 aromatic rings. The van der Waals surface area contributed by atoms with E-state index < -0.39 is 76.0 Å². The number of nitrogens with zero attached hydrogens (tertiary/aromatic N) is 5. The Hall–Kier alpha value is -6.47. The number of thiocarbonyl (C=S) groups is 1. The van der Waals surface area contributed by atoms with E-state index in [4.69, 9.17) is 30.8 Å². The number of halogens is 4. The van der Waals surface area contributed by atoms with E-state index in [0.717, 1.165) is 23.4 Å². The summed E-state index contributed by atoms with van der Waals surface area (Å²) in [6.45, 7) is 9.75. The molecule has 1 unspecified atom stereocenters. The number of hydrogen-bond donors (Lipinski definition) is 3. The number of nitrogens with one attached hydrogen (secondary N) is 2. The molecule has 2 saturated heterocycles. The summed E-state index contributed by atoms with van der Waals surface area (Å²) >= 11 is 5.61. The van der Waals surface area contributed by atoms with Gasteiger partial charge in [0.15, 0.2) is 17.3 Å². The van der Waals surface area contributed by atoms with Crippen LogP contribution in [0.5, 0.6) is 5.75 Å². The largest absolute Gasteiger partial charge is 0.494 e. The normalized spacial score (nSPS) is 17.4. The molecule has 6 rings (SSSR count). The van der Waals surface area contributed by atoms with Crippen LogP contribution < -0.4 is 25.2 Å². The number of β-amino-alcohol motifs (C(OH)–C–C–N with tert-alkyl or cyclic N) is 1. The molecule has 0 spiro atoms. The molecule has 0 saturated carbocycles. The van der Waals surface area contributed by atoms with Gasteiger partial charge in [0.25, 0.3) is 11.9 Å². The van der Waals surface area contributed by atoms with Gasteiger partial charge in [-0.15, -0.1) is 0 Å². The Morgan fingerprint density at radius 3 is 2.27 bits per heavy atom. The highest BCUT2D eigenvalue weighted by molar-refractivity contribution is 7.81. The summed E-state index contributed by atoms with van der Waals surface area (Å²) in [6.07, 6.45) is -2.83. The predicted molar refractivity (Wildman–Crippen MR) is 251 cm³/mol. The van der Waals surface area contributed by atoms with Gasteiger partial charge in [-0.3, -0.25) is 24.1 Å². The van der Waals surface area contributed by atoms with Gasteiger partial charge in [0.1, 0.15) is 30.0 Å². The number of aliphatic hydroxyl groups is 1. The third-order valence-corrected chi connectivity index (χ3v) is 12.1. The average molecular weight is 994 g/mol. The van der Waals surface area contributed by atoms with Crippen molar-refractivity contribution in [2.45, 2.75) is 96.7 Å². The first-order valence-electron chi connectivity index (χ1n) is 22.5. The lowest BCUT2D eigenvalue weighted by Gasteiger charge is -2.35. The van der Waals surface area contributed by atoms with Crippen molar-refractivity contribution >= 4 is 52.3 Å². The van der Waals surface area contributed by atoms with Gasteiger partial charge >= 0.3 is 6.18 Å². The molecule has 70 heavy (non-hydrogen) atoms. The molecule has 0 aliphatic carbocycles.